The van der Waals surface area contributed by atoms with Crippen LogP contribution in [0.3, 0.4) is 0 Å². The van der Waals surface area contributed by atoms with Crippen molar-refractivity contribution < 1.29 is 13.2 Å². The van der Waals surface area contributed by atoms with Crippen LogP contribution in [0.1, 0.15) is 12.5 Å². The van der Waals surface area contributed by atoms with Gasteiger partial charge in [0.05, 0.1) is 4.90 Å². The van der Waals surface area contributed by atoms with Crippen LogP contribution in [-0.4, -0.2) is 49.7 Å². The number of rotatable bonds is 5. The number of fused-ring (bicyclic) bond motifs is 1. The van der Waals surface area contributed by atoms with Crippen LogP contribution in [0.15, 0.2) is 58.8 Å². The van der Waals surface area contributed by atoms with Crippen LogP contribution >= 0.6 is 11.3 Å². The van der Waals surface area contributed by atoms with Gasteiger partial charge in [-0.1, -0.05) is 18.2 Å². The van der Waals surface area contributed by atoms with Crippen LogP contribution < -0.4 is 5.32 Å². The maximum Gasteiger partial charge on any atom is 0.243 e. The fourth-order valence-electron chi connectivity index (χ4n) is 3.59. The Balaban J connectivity index is 1.40. The second kappa shape index (κ2) is 8.23. The molecule has 0 atom stereocenters. The number of nitrogens with zero attached hydrogens (tertiary/aromatic N) is 2. The van der Waals surface area contributed by atoms with Crippen molar-refractivity contribution in [3.05, 3.63) is 59.5 Å². The van der Waals surface area contributed by atoms with Crippen molar-refractivity contribution in [3.8, 4) is 0 Å². The average Bonchev–Trinajstić information content (AvgIpc) is 3.11. The molecule has 0 radical (unpaired) electrons. The summed E-state index contributed by atoms with van der Waals surface area (Å²) in [7, 11) is -3.53. The van der Waals surface area contributed by atoms with E-state index in [9.17, 15) is 13.2 Å². The van der Waals surface area contributed by atoms with E-state index in [1.54, 1.807) is 39.9 Å². The second-order valence-electron chi connectivity index (χ2n) is 7.14. The summed E-state index contributed by atoms with van der Waals surface area (Å²) in [6, 6.07) is 14.7. The number of amides is 1. The predicted octanol–water partition coefficient (Wildman–Crippen LogP) is 3.37. The summed E-state index contributed by atoms with van der Waals surface area (Å²) >= 11 is 1.75. The maximum atomic E-state index is 12.9. The number of thiophene rings is 1. The Kier molecular flexibility index (Phi) is 5.69. The molecule has 1 aromatic heterocycles. The van der Waals surface area contributed by atoms with Crippen LogP contribution in [0.2, 0.25) is 0 Å². The summed E-state index contributed by atoms with van der Waals surface area (Å²) in [5, 5.41) is 6.13. The van der Waals surface area contributed by atoms with Gasteiger partial charge in [-0.25, -0.2) is 8.42 Å². The van der Waals surface area contributed by atoms with E-state index in [0.717, 1.165) is 6.54 Å². The molecule has 1 fully saturated rings. The number of hydrogen-bond donors (Lipinski definition) is 1. The van der Waals surface area contributed by atoms with Crippen LogP contribution in [0.5, 0.6) is 0 Å². The Bertz CT molecular complexity index is 1120. The lowest BCUT2D eigenvalue weighted by Crippen LogP contribution is -2.48. The van der Waals surface area contributed by atoms with Crippen molar-refractivity contribution >= 4 is 43.0 Å². The molecule has 2 aromatic carbocycles. The molecule has 1 aliphatic heterocycles. The minimum atomic E-state index is -3.53. The quantitative estimate of drug-likeness (QED) is 0.675. The standard InChI is InChI=1S/C21H23N3O3S2/c1-16(25)22-18-6-8-19(9-7-18)29(26,27)24-12-10-23(11-13-24)14-17-15-28-21-5-3-2-4-20(17)21/h2-9,15H,10-14H2,1H3,(H,22,25). The van der Waals surface area contributed by atoms with Crippen molar-refractivity contribution in [2.75, 3.05) is 31.5 Å². The number of piperazine rings is 1. The lowest BCUT2D eigenvalue weighted by molar-refractivity contribution is -0.114. The van der Waals surface area contributed by atoms with Crippen molar-refractivity contribution in [2.24, 2.45) is 0 Å². The normalized spacial score (nSPS) is 16.2. The molecular formula is C21H23N3O3S2. The van der Waals surface area contributed by atoms with Gasteiger partial charge in [0.2, 0.25) is 15.9 Å². The number of sulfonamides is 1. The van der Waals surface area contributed by atoms with Crippen LogP contribution in [0.25, 0.3) is 10.1 Å². The van der Waals surface area contributed by atoms with Crippen LogP contribution in [0.4, 0.5) is 5.69 Å². The summed E-state index contributed by atoms with van der Waals surface area (Å²) in [4.78, 5) is 13.7. The van der Waals surface area contributed by atoms with Crippen LogP contribution in [0, 0.1) is 0 Å². The molecule has 3 aromatic rings. The first-order valence-corrected chi connectivity index (χ1v) is 11.8. The smallest absolute Gasteiger partial charge is 0.243 e. The van der Waals surface area contributed by atoms with Crippen molar-refractivity contribution in [1.29, 1.82) is 0 Å². The average molecular weight is 430 g/mol. The first-order valence-electron chi connectivity index (χ1n) is 9.49. The zero-order chi connectivity index (χ0) is 20.4. The molecule has 152 valence electrons. The number of benzene rings is 2. The molecule has 0 aliphatic carbocycles. The minimum absolute atomic E-state index is 0.185. The van der Waals surface area contributed by atoms with Gasteiger partial charge in [-0.2, -0.15) is 4.31 Å². The Morgan fingerprint density at radius 3 is 2.41 bits per heavy atom. The molecule has 0 bridgehead atoms. The molecule has 8 heteroatoms. The predicted molar refractivity (Wildman–Crippen MR) is 117 cm³/mol. The van der Waals surface area contributed by atoms with E-state index >= 15 is 0 Å². The second-order valence-corrected chi connectivity index (χ2v) is 9.99. The highest BCUT2D eigenvalue weighted by atomic mass is 32.2. The number of anilines is 1. The first-order chi connectivity index (χ1) is 13.9. The fourth-order valence-corrected chi connectivity index (χ4v) is 5.96. The van der Waals surface area contributed by atoms with Gasteiger partial charge in [0.15, 0.2) is 0 Å². The largest absolute Gasteiger partial charge is 0.326 e. The van der Waals surface area contributed by atoms with Gasteiger partial charge >= 0.3 is 0 Å². The first kappa shape index (κ1) is 20.0. The third-order valence-electron chi connectivity index (χ3n) is 5.10. The Morgan fingerprint density at radius 1 is 1.03 bits per heavy atom. The van der Waals surface area contributed by atoms with Gasteiger partial charge < -0.3 is 5.32 Å². The number of hydrogen-bond acceptors (Lipinski definition) is 5. The van der Waals surface area contributed by atoms with E-state index in [0.29, 0.717) is 31.9 Å². The summed E-state index contributed by atoms with van der Waals surface area (Å²) in [5.74, 6) is -0.185. The van der Waals surface area contributed by atoms with E-state index in [2.05, 4.69) is 39.9 Å². The topological polar surface area (TPSA) is 69.7 Å². The van der Waals surface area contributed by atoms with Crippen molar-refractivity contribution in [3.63, 3.8) is 0 Å². The summed E-state index contributed by atoms with van der Waals surface area (Å²) in [5.41, 5.74) is 1.89. The molecule has 6 nitrogen and oxygen atoms in total. The Morgan fingerprint density at radius 2 is 1.72 bits per heavy atom. The fraction of sp³-hybridized carbons (Fsp3) is 0.286. The molecule has 0 saturated carbocycles. The lowest BCUT2D eigenvalue weighted by atomic mass is 10.1. The zero-order valence-corrected chi connectivity index (χ0v) is 17.8. The highest BCUT2D eigenvalue weighted by Crippen LogP contribution is 2.27. The van der Waals surface area contributed by atoms with Crippen LogP contribution in [-0.2, 0) is 21.4 Å². The van der Waals surface area contributed by atoms with Gasteiger partial charge in [-0.05, 0) is 46.7 Å². The van der Waals surface area contributed by atoms with E-state index in [-0.39, 0.29) is 10.8 Å². The Labute approximate surface area is 174 Å². The van der Waals surface area contributed by atoms with E-state index in [1.165, 1.54) is 22.6 Å². The molecule has 2 heterocycles. The van der Waals surface area contributed by atoms with E-state index in [4.69, 9.17) is 0 Å². The summed E-state index contributed by atoms with van der Waals surface area (Å²) < 4.78 is 28.7. The summed E-state index contributed by atoms with van der Waals surface area (Å²) in [6.45, 7) is 4.60. The minimum Gasteiger partial charge on any atom is -0.326 e. The molecule has 1 N–H and O–H groups in total. The highest BCUT2D eigenvalue weighted by Gasteiger charge is 2.28. The summed E-state index contributed by atoms with van der Waals surface area (Å²) in [6.07, 6.45) is 0. The molecular weight excluding hydrogens is 406 g/mol. The molecule has 1 amide bonds. The number of nitrogens with one attached hydrogen (secondary N) is 1. The maximum absolute atomic E-state index is 12.9. The van der Waals surface area contributed by atoms with E-state index < -0.39 is 10.0 Å². The van der Waals surface area contributed by atoms with Crippen molar-refractivity contribution in [1.82, 2.24) is 9.21 Å². The van der Waals surface area contributed by atoms with Crippen molar-refractivity contribution in [2.45, 2.75) is 18.4 Å². The lowest BCUT2D eigenvalue weighted by Gasteiger charge is -2.34. The number of carbonyl (C=O) groups is 1. The third-order valence-corrected chi connectivity index (χ3v) is 8.02. The Hall–Kier alpha value is -2.26. The highest BCUT2D eigenvalue weighted by molar-refractivity contribution is 7.89. The third kappa shape index (κ3) is 4.35. The SMILES string of the molecule is CC(=O)Nc1ccc(S(=O)(=O)N2CCN(Cc3csc4ccccc34)CC2)cc1. The molecule has 0 spiro atoms. The van der Waals surface area contributed by atoms with Gasteiger partial charge in [0.25, 0.3) is 0 Å². The number of carbonyl (C=O) groups excluding carboxylic acids is 1. The molecule has 1 saturated heterocycles. The van der Waals surface area contributed by atoms with Gasteiger partial charge in [0, 0.05) is 50.0 Å². The molecule has 0 unspecified atom stereocenters. The van der Waals surface area contributed by atoms with Gasteiger partial charge in [0.1, 0.15) is 0 Å². The van der Waals surface area contributed by atoms with E-state index in [1.807, 2.05) is 0 Å². The molecule has 29 heavy (non-hydrogen) atoms. The monoisotopic (exact) mass is 429 g/mol. The van der Waals surface area contributed by atoms with Gasteiger partial charge in [-0.15, -0.1) is 11.3 Å². The van der Waals surface area contributed by atoms with Gasteiger partial charge in [-0.3, -0.25) is 9.69 Å². The molecule has 1 aliphatic rings. The molecule has 4 rings (SSSR count). The zero-order valence-electron chi connectivity index (χ0n) is 16.2.